The molecule has 0 aliphatic rings. The Labute approximate surface area is 79.6 Å². The highest BCUT2D eigenvalue weighted by molar-refractivity contribution is 5.81. The van der Waals surface area contributed by atoms with Crippen LogP contribution in [0.15, 0.2) is 23.4 Å². The van der Waals surface area contributed by atoms with Gasteiger partial charge in [0.2, 0.25) is 0 Å². The third-order valence-corrected chi connectivity index (χ3v) is 1.61. The molecule has 6 heteroatoms. The molecule has 6 nitrogen and oxygen atoms in total. The molecule has 0 radical (unpaired) electrons. The third kappa shape index (κ3) is 1.98. The molecular weight excluding hydrogens is 188 g/mol. The number of methoxy groups -OCH3 is 1. The Morgan fingerprint density at radius 3 is 2.86 bits per heavy atom. The Hall–Kier alpha value is -2.11. The van der Waals surface area contributed by atoms with Gasteiger partial charge in [0.1, 0.15) is 0 Å². The number of hydrogen-bond acceptors (Lipinski definition) is 5. The average molecular weight is 196 g/mol. The Kier molecular flexibility index (Phi) is 3.01. The molecule has 0 saturated heterocycles. The Morgan fingerprint density at radius 1 is 1.64 bits per heavy atom. The normalized spacial score (nSPS) is 10.4. The minimum atomic E-state index is -0.562. The predicted molar refractivity (Wildman–Crippen MR) is 49.0 cm³/mol. The summed E-state index contributed by atoms with van der Waals surface area (Å²) in [4.78, 5) is 9.99. The van der Waals surface area contributed by atoms with Crippen LogP contribution in [-0.2, 0) is 0 Å². The molecule has 1 aromatic rings. The van der Waals surface area contributed by atoms with Gasteiger partial charge in [0, 0.05) is 11.6 Å². The number of nitrogens with zero attached hydrogens (tertiary/aromatic N) is 2. The van der Waals surface area contributed by atoms with Crippen LogP contribution in [-0.4, -0.2) is 23.5 Å². The van der Waals surface area contributed by atoms with Gasteiger partial charge in [0.05, 0.1) is 18.2 Å². The molecule has 1 N–H and O–H groups in total. The topological polar surface area (TPSA) is 85.0 Å². The number of nitro benzene ring substituents is 1. The van der Waals surface area contributed by atoms with Crippen LogP contribution in [0.3, 0.4) is 0 Å². The van der Waals surface area contributed by atoms with Crippen molar-refractivity contribution in [3.63, 3.8) is 0 Å². The first-order valence-corrected chi connectivity index (χ1v) is 3.69. The van der Waals surface area contributed by atoms with Crippen LogP contribution >= 0.6 is 0 Å². The van der Waals surface area contributed by atoms with E-state index in [-0.39, 0.29) is 11.4 Å². The van der Waals surface area contributed by atoms with Crippen molar-refractivity contribution in [2.75, 3.05) is 7.11 Å². The summed E-state index contributed by atoms with van der Waals surface area (Å²) in [6.07, 6.45) is 1.10. The second kappa shape index (κ2) is 4.22. The molecule has 0 saturated carbocycles. The molecular formula is C8H8N2O4. The number of nitro groups is 1. The van der Waals surface area contributed by atoms with E-state index in [0.717, 1.165) is 6.21 Å². The van der Waals surface area contributed by atoms with E-state index in [0.29, 0.717) is 5.56 Å². The highest BCUT2D eigenvalue weighted by atomic mass is 16.6. The summed E-state index contributed by atoms with van der Waals surface area (Å²) in [5.41, 5.74) is 0.268. The summed E-state index contributed by atoms with van der Waals surface area (Å²) >= 11 is 0. The molecule has 0 fully saturated rings. The number of rotatable bonds is 3. The highest BCUT2D eigenvalue weighted by Gasteiger charge is 2.14. The zero-order valence-electron chi connectivity index (χ0n) is 7.38. The lowest BCUT2D eigenvalue weighted by Gasteiger charge is -2.01. The van der Waals surface area contributed by atoms with Crippen molar-refractivity contribution >= 4 is 11.9 Å². The molecule has 0 aliphatic carbocycles. The lowest BCUT2D eigenvalue weighted by Crippen LogP contribution is -1.95. The van der Waals surface area contributed by atoms with Gasteiger partial charge in [-0.25, -0.2) is 0 Å². The van der Waals surface area contributed by atoms with Gasteiger partial charge in [-0.15, -0.1) is 0 Å². The van der Waals surface area contributed by atoms with Crippen LogP contribution in [0.1, 0.15) is 5.56 Å². The first kappa shape index (κ1) is 9.97. The Balaban J connectivity index is 3.20. The zero-order chi connectivity index (χ0) is 10.6. The van der Waals surface area contributed by atoms with Gasteiger partial charge < -0.3 is 9.94 Å². The SMILES string of the molecule is COc1ccc(/C=N/O)cc1[N+](=O)[O-]. The van der Waals surface area contributed by atoms with E-state index in [1.165, 1.54) is 19.2 Å². The van der Waals surface area contributed by atoms with E-state index in [2.05, 4.69) is 5.16 Å². The van der Waals surface area contributed by atoms with Crippen LogP contribution in [0.25, 0.3) is 0 Å². The number of benzene rings is 1. The van der Waals surface area contributed by atoms with E-state index in [4.69, 9.17) is 9.94 Å². The zero-order valence-corrected chi connectivity index (χ0v) is 7.38. The molecule has 0 bridgehead atoms. The maximum absolute atomic E-state index is 10.6. The molecule has 0 atom stereocenters. The molecule has 0 aliphatic heterocycles. The average Bonchev–Trinajstić information content (AvgIpc) is 2.18. The van der Waals surface area contributed by atoms with Crippen molar-refractivity contribution in [1.82, 2.24) is 0 Å². The standard InChI is InChI=1S/C8H8N2O4/c1-14-8-3-2-6(5-9-11)4-7(8)10(12)13/h2-5,11H,1H3/b9-5+. The number of ether oxygens (including phenoxy) is 1. The summed E-state index contributed by atoms with van der Waals surface area (Å²) in [6, 6.07) is 4.25. The number of oxime groups is 1. The molecule has 0 aromatic heterocycles. The quantitative estimate of drug-likeness (QED) is 0.343. The maximum Gasteiger partial charge on any atom is 0.311 e. The highest BCUT2D eigenvalue weighted by Crippen LogP contribution is 2.26. The molecule has 0 amide bonds. The van der Waals surface area contributed by atoms with Gasteiger partial charge in [-0.05, 0) is 12.1 Å². The monoisotopic (exact) mass is 196 g/mol. The van der Waals surface area contributed by atoms with E-state index >= 15 is 0 Å². The van der Waals surface area contributed by atoms with E-state index in [1.54, 1.807) is 6.07 Å². The fraction of sp³-hybridized carbons (Fsp3) is 0.125. The lowest BCUT2D eigenvalue weighted by atomic mass is 10.2. The first-order valence-electron chi connectivity index (χ1n) is 3.69. The van der Waals surface area contributed by atoms with Crippen molar-refractivity contribution in [2.24, 2.45) is 5.16 Å². The van der Waals surface area contributed by atoms with E-state index < -0.39 is 4.92 Å². The van der Waals surface area contributed by atoms with Crippen molar-refractivity contribution in [2.45, 2.75) is 0 Å². The van der Waals surface area contributed by atoms with Gasteiger partial charge >= 0.3 is 5.69 Å². The van der Waals surface area contributed by atoms with E-state index in [9.17, 15) is 10.1 Å². The van der Waals surface area contributed by atoms with Gasteiger partial charge in [-0.2, -0.15) is 0 Å². The van der Waals surface area contributed by atoms with Crippen LogP contribution in [0.4, 0.5) is 5.69 Å². The summed E-state index contributed by atoms with van der Waals surface area (Å²) < 4.78 is 4.79. The first-order chi connectivity index (χ1) is 6.69. The van der Waals surface area contributed by atoms with Crippen molar-refractivity contribution < 1.29 is 14.9 Å². The number of hydrogen-bond donors (Lipinski definition) is 1. The smallest absolute Gasteiger partial charge is 0.311 e. The molecule has 0 spiro atoms. The van der Waals surface area contributed by atoms with Gasteiger partial charge in [-0.3, -0.25) is 10.1 Å². The lowest BCUT2D eigenvalue weighted by molar-refractivity contribution is -0.385. The van der Waals surface area contributed by atoms with Crippen molar-refractivity contribution in [1.29, 1.82) is 0 Å². The predicted octanol–water partition coefficient (Wildman–Crippen LogP) is 1.41. The summed E-state index contributed by atoms with van der Waals surface area (Å²) in [6.45, 7) is 0. The molecule has 0 heterocycles. The minimum absolute atomic E-state index is 0.162. The molecule has 1 aromatic carbocycles. The summed E-state index contributed by atoms with van der Waals surface area (Å²) in [5.74, 6) is 0.171. The van der Waals surface area contributed by atoms with Gasteiger partial charge in [-0.1, -0.05) is 5.16 Å². The second-order valence-corrected chi connectivity index (χ2v) is 2.43. The fourth-order valence-electron chi connectivity index (χ4n) is 0.997. The second-order valence-electron chi connectivity index (χ2n) is 2.43. The molecule has 0 unspecified atom stereocenters. The van der Waals surface area contributed by atoms with Gasteiger partial charge in [0.15, 0.2) is 5.75 Å². The van der Waals surface area contributed by atoms with Crippen LogP contribution in [0, 0.1) is 10.1 Å². The van der Waals surface area contributed by atoms with Crippen molar-refractivity contribution in [3.05, 3.63) is 33.9 Å². The van der Waals surface area contributed by atoms with Gasteiger partial charge in [0.25, 0.3) is 0 Å². The minimum Gasteiger partial charge on any atom is -0.490 e. The Morgan fingerprint density at radius 2 is 2.36 bits per heavy atom. The van der Waals surface area contributed by atoms with E-state index in [1.807, 2.05) is 0 Å². The maximum atomic E-state index is 10.6. The molecule has 1 rings (SSSR count). The van der Waals surface area contributed by atoms with Crippen LogP contribution < -0.4 is 4.74 Å². The van der Waals surface area contributed by atoms with Crippen LogP contribution in [0.2, 0.25) is 0 Å². The third-order valence-electron chi connectivity index (χ3n) is 1.61. The largest absolute Gasteiger partial charge is 0.490 e. The summed E-state index contributed by atoms with van der Waals surface area (Å²) in [7, 11) is 1.35. The Bertz CT molecular complexity index is 376. The van der Waals surface area contributed by atoms with Crippen LogP contribution in [0.5, 0.6) is 5.75 Å². The molecule has 14 heavy (non-hydrogen) atoms. The molecule has 74 valence electrons. The fourth-order valence-corrected chi connectivity index (χ4v) is 0.997. The summed E-state index contributed by atoms with van der Waals surface area (Å²) in [5, 5.41) is 21.6. The van der Waals surface area contributed by atoms with Crippen molar-refractivity contribution in [3.8, 4) is 5.75 Å².